The molecule has 1 aliphatic rings. The van der Waals surface area contributed by atoms with E-state index < -0.39 is 61.0 Å². The van der Waals surface area contributed by atoms with Gasteiger partial charge in [0.1, 0.15) is 24.1 Å². The summed E-state index contributed by atoms with van der Waals surface area (Å²) in [6.07, 6.45) is -0.612. The molecule has 1 fully saturated rings. The predicted molar refractivity (Wildman–Crippen MR) is 136 cm³/mol. The van der Waals surface area contributed by atoms with Gasteiger partial charge in [-0.05, 0) is 30.1 Å². The summed E-state index contributed by atoms with van der Waals surface area (Å²) in [4.78, 5) is 50.0. The van der Waals surface area contributed by atoms with Crippen LogP contribution < -0.4 is 20.9 Å². The van der Waals surface area contributed by atoms with Crippen LogP contribution in [0.3, 0.4) is 0 Å². The van der Waals surface area contributed by atoms with Gasteiger partial charge >= 0.3 is 19.4 Å². The van der Waals surface area contributed by atoms with Crippen molar-refractivity contribution in [2.24, 2.45) is 0 Å². The molecule has 0 aliphatic carbocycles. The minimum Gasteiger partial charge on any atom is -0.468 e. The summed E-state index contributed by atoms with van der Waals surface area (Å²) in [6.45, 7) is 0.842. The van der Waals surface area contributed by atoms with E-state index in [1.54, 1.807) is 0 Å². The molecule has 0 bridgehead atoms. The number of non-ortho nitro benzene ring substituents is 1. The summed E-state index contributed by atoms with van der Waals surface area (Å²) in [5.74, 6) is -0.842. The molecule has 2 heterocycles. The Hall–Kier alpha value is -3.14. The van der Waals surface area contributed by atoms with Crippen molar-refractivity contribution in [2.45, 2.75) is 37.8 Å². The smallest absolute Gasteiger partial charge is 0.459 e. The zero-order valence-electron chi connectivity index (χ0n) is 20.0. The van der Waals surface area contributed by atoms with E-state index >= 15 is 0 Å². The lowest BCUT2D eigenvalue weighted by molar-refractivity contribution is -0.384. The number of halogens is 1. The number of aromatic nitrogens is 2. The van der Waals surface area contributed by atoms with Crippen LogP contribution in [0.5, 0.6) is 5.75 Å². The number of carbonyl (C=O) groups is 1. The van der Waals surface area contributed by atoms with Crippen molar-refractivity contribution >= 4 is 41.4 Å². The average Bonchev–Trinajstić information content (AvgIpc) is 3.24. The van der Waals surface area contributed by atoms with E-state index in [0.717, 1.165) is 23.8 Å². The van der Waals surface area contributed by atoms with E-state index in [-0.39, 0.29) is 23.4 Å². The summed E-state index contributed by atoms with van der Waals surface area (Å²) in [5.41, 5.74) is -1.46. The first-order valence-corrected chi connectivity index (χ1v) is 13.4. The molecule has 2 aromatic rings. The molecular formula is C21H24BrN4O11P. The second-order valence-electron chi connectivity index (χ2n) is 7.99. The lowest BCUT2D eigenvalue weighted by atomic mass is 10.2. The van der Waals surface area contributed by atoms with Crippen molar-refractivity contribution in [2.75, 3.05) is 13.7 Å². The van der Waals surface area contributed by atoms with Gasteiger partial charge in [0, 0.05) is 24.8 Å². The highest BCUT2D eigenvalue weighted by Crippen LogP contribution is 2.46. The molecule has 206 valence electrons. The van der Waals surface area contributed by atoms with Crippen molar-refractivity contribution in [3.8, 4) is 5.75 Å². The van der Waals surface area contributed by atoms with Crippen LogP contribution in [0, 0.1) is 10.1 Å². The summed E-state index contributed by atoms with van der Waals surface area (Å²) in [6, 6.07) is 3.48. The first-order valence-electron chi connectivity index (χ1n) is 11.0. The van der Waals surface area contributed by atoms with E-state index in [2.05, 4.69) is 30.7 Å². The predicted octanol–water partition coefficient (Wildman–Crippen LogP) is 1.81. The molecule has 0 amide bonds. The maximum absolute atomic E-state index is 13.5. The third-order valence-corrected chi connectivity index (χ3v) is 7.25. The first-order chi connectivity index (χ1) is 18.0. The molecule has 1 unspecified atom stereocenters. The summed E-state index contributed by atoms with van der Waals surface area (Å²) in [5, 5.41) is 23.8. The van der Waals surface area contributed by atoms with E-state index in [0.29, 0.717) is 0 Å². The van der Waals surface area contributed by atoms with Crippen molar-refractivity contribution < 1.29 is 37.9 Å². The molecule has 3 N–H and O–H groups in total. The van der Waals surface area contributed by atoms with Crippen LogP contribution >= 0.6 is 23.7 Å². The Morgan fingerprint density at radius 3 is 2.71 bits per heavy atom. The third kappa shape index (κ3) is 7.24. The molecule has 1 aliphatic heterocycles. The topological polar surface area (TPSA) is 201 Å². The number of H-pyrrole nitrogens is 1. The number of carbonyl (C=O) groups excluding carboxylic acids is 1. The second kappa shape index (κ2) is 12.6. The van der Waals surface area contributed by atoms with Crippen molar-refractivity contribution in [3.05, 3.63) is 72.0 Å². The number of benzene rings is 1. The van der Waals surface area contributed by atoms with Crippen molar-refractivity contribution in [1.82, 2.24) is 14.6 Å². The molecule has 0 spiro atoms. The summed E-state index contributed by atoms with van der Waals surface area (Å²) < 4.78 is 35.8. The maximum Gasteiger partial charge on any atom is 0.459 e. The number of methoxy groups -OCH3 is 1. The number of aliphatic hydroxyl groups is 1. The number of nitrogens with zero attached hydrogens (tertiary/aromatic N) is 2. The fourth-order valence-corrected chi connectivity index (χ4v) is 5.22. The Bertz CT molecular complexity index is 1360. The lowest BCUT2D eigenvalue weighted by Gasteiger charge is -2.24. The van der Waals surface area contributed by atoms with E-state index in [4.69, 9.17) is 13.8 Å². The molecule has 3 rings (SSSR count). The Morgan fingerprint density at radius 1 is 1.42 bits per heavy atom. The fraction of sp³-hybridized carbons (Fsp3) is 0.381. The number of nitro benzene ring substituents is 1. The normalized spacial score (nSPS) is 21.6. The maximum atomic E-state index is 13.5. The van der Waals surface area contributed by atoms with Crippen molar-refractivity contribution in [1.29, 1.82) is 0 Å². The van der Waals surface area contributed by atoms with Crippen LogP contribution in [-0.4, -0.2) is 57.5 Å². The Labute approximate surface area is 223 Å². The number of aliphatic hydroxyl groups excluding tert-OH is 1. The first kappa shape index (κ1) is 29.4. The summed E-state index contributed by atoms with van der Waals surface area (Å²) in [7, 11) is -3.22. The minimum atomic E-state index is -4.35. The van der Waals surface area contributed by atoms with Gasteiger partial charge in [0.2, 0.25) is 0 Å². The molecule has 1 aromatic heterocycles. The number of ether oxygens (including phenoxy) is 2. The van der Waals surface area contributed by atoms with Crippen molar-refractivity contribution in [3.63, 3.8) is 0 Å². The van der Waals surface area contributed by atoms with Crippen LogP contribution in [0.4, 0.5) is 5.69 Å². The zero-order chi connectivity index (χ0) is 28.0. The average molecular weight is 619 g/mol. The van der Waals surface area contributed by atoms with Gasteiger partial charge in [0.15, 0.2) is 0 Å². The van der Waals surface area contributed by atoms with Crippen LogP contribution in [-0.2, 0) is 23.4 Å². The fourth-order valence-electron chi connectivity index (χ4n) is 3.43. The van der Waals surface area contributed by atoms with Crippen LogP contribution in [0.15, 0.2) is 45.0 Å². The van der Waals surface area contributed by atoms with Gasteiger partial charge in [-0.15, -0.1) is 0 Å². The SMILES string of the molecule is COC(=O)[C@H](C)NP(=O)(OC[C@H]1O[C@@H](n2cc(/C=C/Br)c(=O)[nH]c2=O)C[C@@H]1O)Oc1ccc([N+](=O)[O-])cc1. The number of hydrogen-bond donors (Lipinski definition) is 3. The number of hydrogen-bond acceptors (Lipinski definition) is 11. The Kier molecular flexibility index (Phi) is 9.76. The van der Waals surface area contributed by atoms with E-state index in [1.807, 2.05) is 0 Å². The molecule has 1 saturated heterocycles. The van der Waals surface area contributed by atoms with Gasteiger partial charge in [0.05, 0.1) is 30.3 Å². The number of aromatic amines is 1. The largest absolute Gasteiger partial charge is 0.468 e. The standard InChI is InChI=1S/C21H24BrN4O11P/c1-12(20(29)34-2)24-38(33,37-15-5-3-14(4-6-15)26(31)32)35-11-17-16(27)9-18(36-17)25-10-13(7-8-22)19(28)23-21(25)30/h3-8,10,12,16-18,27H,9,11H2,1-2H3,(H,24,33)(H,23,28,30)/b8-7+/t12-,16-,17+,18+,38?/m0/s1. The third-order valence-electron chi connectivity index (χ3n) is 5.34. The number of nitrogens with one attached hydrogen (secondary N) is 2. The number of rotatable bonds is 11. The molecule has 0 saturated carbocycles. The highest BCUT2D eigenvalue weighted by molar-refractivity contribution is 9.11. The Balaban J connectivity index is 1.78. The van der Waals surface area contributed by atoms with Crippen LogP contribution in [0.25, 0.3) is 6.08 Å². The highest BCUT2D eigenvalue weighted by Gasteiger charge is 2.39. The molecule has 38 heavy (non-hydrogen) atoms. The Morgan fingerprint density at radius 2 is 2.11 bits per heavy atom. The molecule has 0 radical (unpaired) electrons. The number of nitro groups is 1. The zero-order valence-corrected chi connectivity index (χ0v) is 22.5. The summed E-state index contributed by atoms with van der Waals surface area (Å²) >= 11 is 3.06. The van der Waals surface area contributed by atoms with Crippen LogP contribution in [0.2, 0.25) is 0 Å². The quantitative estimate of drug-likeness (QED) is 0.143. The van der Waals surface area contributed by atoms with Gasteiger partial charge in [-0.3, -0.25) is 33.8 Å². The van der Waals surface area contributed by atoms with E-state index in [9.17, 15) is 34.2 Å². The van der Waals surface area contributed by atoms with Gasteiger partial charge in [0.25, 0.3) is 11.2 Å². The monoisotopic (exact) mass is 618 g/mol. The van der Waals surface area contributed by atoms with Crippen LogP contribution in [0.1, 0.15) is 25.1 Å². The van der Waals surface area contributed by atoms with Gasteiger partial charge in [-0.1, -0.05) is 15.9 Å². The van der Waals surface area contributed by atoms with E-state index in [1.165, 1.54) is 36.3 Å². The van der Waals surface area contributed by atoms with Gasteiger partial charge in [-0.2, -0.15) is 5.09 Å². The molecule has 15 nitrogen and oxygen atoms in total. The number of esters is 1. The van der Waals surface area contributed by atoms with Gasteiger partial charge in [-0.25, -0.2) is 9.36 Å². The molecule has 5 atom stereocenters. The molecule has 17 heteroatoms. The molecule has 1 aromatic carbocycles. The second-order valence-corrected chi connectivity index (χ2v) is 10.2. The molecular weight excluding hydrogens is 595 g/mol. The van der Waals surface area contributed by atoms with Gasteiger partial charge < -0.3 is 19.1 Å². The minimum absolute atomic E-state index is 0.0586. The lowest BCUT2D eigenvalue weighted by Crippen LogP contribution is -2.36. The highest BCUT2D eigenvalue weighted by atomic mass is 79.9.